The predicted molar refractivity (Wildman–Crippen MR) is 87.9 cm³/mol. The minimum atomic E-state index is -3.70. The van der Waals surface area contributed by atoms with Crippen LogP contribution < -0.4 is 0 Å². The van der Waals surface area contributed by atoms with E-state index in [4.69, 9.17) is 4.74 Å². The molecule has 0 saturated carbocycles. The van der Waals surface area contributed by atoms with E-state index >= 15 is 0 Å². The summed E-state index contributed by atoms with van der Waals surface area (Å²) < 4.78 is 32.0. The largest absolute Gasteiger partial charge is 0.378 e. The Balaban J connectivity index is 2.20. The zero-order chi connectivity index (χ0) is 17.2. The lowest BCUT2D eigenvalue weighted by Crippen LogP contribution is -2.46. The molecule has 1 aromatic carbocycles. The third-order valence-corrected chi connectivity index (χ3v) is 6.10. The lowest BCUT2D eigenvalue weighted by atomic mass is 10.1. The Kier molecular flexibility index (Phi) is 5.44. The second-order valence-corrected chi connectivity index (χ2v) is 7.96. The van der Waals surface area contributed by atoms with Crippen LogP contribution in [0.4, 0.5) is 0 Å². The molecule has 1 aromatic rings. The van der Waals surface area contributed by atoms with E-state index in [1.54, 1.807) is 18.7 Å². The zero-order valence-electron chi connectivity index (χ0n) is 14.1. The van der Waals surface area contributed by atoms with Crippen molar-refractivity contribution in [3.63, 3.8) is 0 Å². The molecule has 0 spiro atoms. The lowest BCUT2D eigenvalue weighted by molar-refractivity contribution is -0.135. The molecule has 0 radical (unpaired) electrons. The molecular weight excluding hydrogens is 316 g/mol. The molecular formula is C16H24N2O4S. The molecule has 1 saturated heterocycles. The number of morpholine rings is 1. The van der Waals surface area contributed by atoms with E-state index < -0.39 is 10.0 Å². The normalized spacial score (nSPS) is 16.0. The van der Waals surface area contributed by atoms with Crippen LogP contribution in [-0.2, 0) is 19.6 Å². The van der Waals surface area contributed by atoms with Crippen LogP contribution in [0.1, 0.15) is 16.7 Å². The number of hydrogen-bond acceptors (Lipinski definition) is 4. The quantitative estimate of drug-likeness (QED) is 0.823. The second kappa shape index (κ2) is 6.98. The van der Waals surface area contributed by atoms with Crippen molar-refractivity contribution >= 4 is 15.9 Å². The summed E-state index contributed by atoms with van der Waals surface area (Å²) in [6, 6.07) is 3.69. The molecule has 0 atom stereocenters. The van der Waals surface area contributed by atoms with Gasteiger partial charge in [0.2, 0.25) is 15.9 Å². The Morgan fingerprint density at radius 1 is 1.17 bits per heavy atom. The average molecular weight is 340 g/mol. The number of carbonyl (C=O) groups excluding carboxylic acids is 1. The van der Waals surface area contributed by atoms with E-state index in [1.165, 1.54) is 7.05 Å². The number of rotatable bonds is 4. The fraction of sp³-hybridized carbons (Fsp3) is 0.562. The summed E-state index contributed by atoms with van der Waals surface area (Å²) in [7, 11) is -2.25. The molecule has 1 fully saturated rings. The SMILES string of the molecule is Cc1cc(C)c(S(=O)(=O)N(C)CC(=O)N2CCOCC2)c(C)c1. The molecule has 2 rings (SSSR count). The van der Waals surface area contributed by atoms with Gasteiger partial charge in [-0.05, 0) is 31.9 Å². The Bertz CT molecular complexity index is 671. The number of sulfonamides is 1. The van der Waals surface area contributed by atoms with Crippen LogP contribution in [-0.4, -0.2) is 63.4 Å². The molecule has 6 nitrogen and oxygen atoms in total. The van der Waals surface area contributed by atoms with Gasteiger partial charge >= 0.3 is 0 Å². The lowest BCUT2D eigenvalue weighted by Gasteiger charge is -2.29. The standard InChI is InChI=1S/C16H24N2O4S/c1-12-9-13(2)16(14(3)10-12)23(20,21)17(4)11-15(19)18-5-7-22-8-6-18/h9-10H,5-8,11H2,1-4H3. The van der Waals surface area contributed by atoms with Crippen molar-refractivity contribution in [1.82, 2.24) is 9.21 Å². The van der Waals surface area contributed by atoms with Gasteiger partial charge in [-0.25, -0.2) is 8.42 Å². The van der Waals surface area contributed by atoms with E-state index in [9.17, 15) is 13.2 Å². The first-order valence-corrected chi connectivity index (χ1v) is 9.07. The van der Waals surface area contributed by atoms with Crippen molar-refractivity contribution in [1.29, 1.82) is 0 Å². The predicted octanol–water partition coefficient (Wildman–Crippen LogP) is 1.09. The van der Waals surface area contributed by atoms with E-state index in [-0.39, 0.29) is 12.5 Å². The summed E-state index contributed by atoms with van der Waals surface area (Å²) in [5.41, 5.74) is 2.42. The van der Waals surface area contributed by atoms with E-state index in [1.807, 2.05) is 19.1 Å². The van der Waals surface area contributed by atoms with Gasteiger partial charge in [0.15, 0.2) is 0 Å². The van der Waals surface area contributed by atoms with E-state index in [0.717, 1.165) is 9.87 Å². The van der Waals surface area contributed by atoms with Crippen LogP contribution in [0.5, 0.6) is 0 Å². The monoisotopic (exact) mass is 340 g/mol. The molecule has 23 heavy (non-hydrogen) atoms. The van der Waals surface area contributed by atoms with Crippen molar-refractivity contribution in [3.8, 4) is 0 Å². The maximum atomic E-state index is 12.8. The Hall–Kier alpha value is -1.44. The molecule has 128 valence electrons. The molecule has 0 aliphatic carbocycles. The van der Waals surface area contributed by atoms with Crippen molar-refractivity contribution in [2.75, 3.05) is 39.9 Å². The van der Waals surface area contributed by atoms with Gasteiger partial charge in [-0.15, -0.1) is 0 Å². The first kappa shape index (κ1) is 17.9. The molecule has 0 N–H and O–H groups in total. The second-order valence-electron chi connectivity index (χ2n) is 5.98. The van der Waals surface area contributed by atoms with Gasteiger partial charge in [0.1, 0.15) is 0 Å². The van der Waals surface area contributed by atoms with Gasteiger partial charge in [0.25, 0.3) is 0 Å². The maximum Gasteiger partial charge on any atom is 0.243 e. The maximum absolute atomic E-state index is 12.8. The number of amides is 1. The number of carbonyl (C=O) groups is 1. The van der Waals surface area contributed by atoms with Crippen LogP contribution in [0.15, 0.2) is 17.0 Å². The smallest absolute Gasteiger partial charge is 0.243 e. The molecule has 0 bridgehead atoms. The van der Waals surface area contributed by atoms with Gasteiger partial charge in [0.05, 0.1) is 24.7 Å². The topological polar surface area (TPSA) is 66.9 Å². The van der Waals surface area contributed by atoms with Crippen molar-refractivity contribution < 1.29 is 17.9 Å². The molecule has 7 heteroatoms. The summed E-state index contributed by atoms with van der Waals surface area (Å²) >= 11 is 0. The molecule has 0 unspecified atom stereocenters. The van der Waals surface area contributed by atoms with Crippen molar-refractivity contribution in [2.45, 2.75) is 25.7 Å². The van der Waals surface area contributed by atoms with Crippen LogP contribution in [0, 0.1) is 20.8 Å². The van der Waals surface area contributed by atoms with Gasteiger partial charge in [-0.2, -0.15) is 4.31 Å². The van der Waals surface area contributed by atoms with Crippen LogP contribution in [0.2, 0.25) is 0 Å². The molecule has 1 aliphatic rings. The fourth-order valence-electron chi connectivity index (χ4n) is 2.92. The molecule has 1 amide bonds. The number of benzene rings is 1. The first-order valence-electron chi connectivity index (χ1n) is 7.63. The number of ether oxygens (including phenoxy) is 1. The van der Waals surface area contributed by atoms with Gasteiger partial charge in [0, 0.05) is 20.1 Å². The van der Waals surface area contributed by atoms with Crippen molar-refractivity contribution in [3.05, 3.63) is 28.8 Å². The van der Waals surface area contributed by atoms with Gasteiger partial charge in [-0.3, -0.25) is 4.79 Å². The Morgan fingerprint density at radius 3 is 2.22 bits per heavy atom. The van der Waals surface area contributed by atoms with Crippen LogP contribution >= 0.6 is 0 Å². The van der Waals surface area contributed by atoms with Crippen LogP contribution in [0.3, 0.4) is 0 Å². The van der Waals surface area contributed by atoms with Gasteiger partial charge < -0.3 is 9.64 Å². The summed E-state index contributed by atoms with van der Waals surface area (Å²) in [6.45, 7) is 7.35. The summed E-state index contributed by atoms with van der Waals surface area (Å²) in [5, 5.41) is 0. The van der Waals surface area contributed by atoms with Crippen molar-refractivity contribution in [2.24, 2.45) is 0 Å². The fourth-order valence-corrected chi connectivity index (χ4v) is 4.44. The summed E-state index contributed by atoms with van der Waals surface area (Å²) in [4.78, 5) is 14.2. The number of nitrogens with zero attached hydrogens (tertiary/aromatic N) is 2. The van der Waals surface area contributed by atoms with E-state index in [0.29, 0.717) is 42.3 Å². The zero-order valence-corrected chi connectivity index (χ0v) is 14.9. The van der Waals surface area contributed by atoms with E-state index in [2.05, 4.69) is 0 Å². The first-order chi connectivity index (χ1) is 10.7. The highest BCUT2D eigenvalue weighted by Crippen LogP contribution is 2.24. The molecule has 1 aliphatic heterocycles. The minimum absolute atomic E-state index is 0.158. The third-order valence-electron chi connectivity index (χ3n) is 3.99. The van der Waals surface area contributed by atoms with Crippen LogP contribution in [0.25, 0.3) is 0 Å². The highest BCUT2D eigenvalue weighted by Gasteiger charge is 2.28. The third kappa shape index (κ3) is 3.91. The Morgan fingerprint density at radius 2 is 1.70 bits per heavy atom. The molecule has 1 heterocycles. The number of hydrogen-bond donors (Lipinski definition) is 0. The number of aryl methyl sites for hydroxylation is 3. The summed E-state index contributed by atoms with van der Waals surface area (Å²) in [6.07, 6.45) is 0. The minimum Gasteiger partial charge on any atom is -0.378 e. The highest BCUT2D eigenvalue weighted by atomic mass is 32.2. The number of likely N-dealkylation sites (N-methyl/N-ethyl adjacent to an activating group) is 1. The Labute approximate surface area is 138 Å². The average Bonchev–Trinajstić information content (AvgIpc) is 2.46. The molecule has 0 aromatic heterocycles. The van der Waals surface area contributed by atoms with Gasteiger partial charge in [-0.1, -0.05) is 17.7 Å². The summed E-state index contributed by atoms with van der Waals surface area (Å²) in [5.74, 6) is -0.193. The highest BCUT2D eigenvalue weighted by molar-refractivity contribution is 7.89.